The van der Waals surface area contributed by atoms with Crippen molar-refractivity contribution in [1.82, 2.24) is 14.7 Å². The molecule has 2 fully saturated rings. The molecule has 2 N–H and O–H groups in total. The fraction of sp³-hybridized carbons (Fsp3) is 0.444. The van der Waals surface area contributed by atoms with Crippen molar-refractivity contribution in [3.8, 4) is 0 Å². The largest absolute Gasteiger partial charge is 0.338 e. The number of hydrogen-bond donors (Lipinski definition) is 1. The van der Waals surface area contributed by atoms with Crippen molar-refractivity contribution in [1.29, 1.82) is 0 Å². The van der Waals surface area contributed by atoms with Gasteiger partial charge in [0.05, 0.1) is 18.3 Å². The van der Waals surface area contributed by atoms with Crippen LogP contribution in [-0.2, 0) is 6.54 Å². The summed E-state index contributed by atoms with van der Waals surface area (Å²) in [6.07, 6.45) is 5.68. The van der Waals surface area contributed by atoms with Gasteiger partial charge < -0.3 is 10.6 Å². The molecule has 1 saturated heterocycles. The highest BCUT2D eigenvalue weighted by Gasteiger charge is 2.42. The number of fused-ring (bicyclic) bond motifs is 1. The molecule has 1 amide bonds. The number of nitrogens with two attached hydrogens (primary N) is 1. The quantitative estimate of drug-likeness (QED) is 0.929. The summed E-state index contributed by atoms with van der Waals surface area (Å²) in [4.78, 5) is 14.7. The third-order valence-corrected chi connectivity index (χ3v) is 5.74. The Labute approximate surface area is 146 Å². The van der Waals surface area contributed by atoms with E-state index in [1.165, 1.54) is 0 Å². The van der Waals surface area contributed by atoms with Crippen LogP contribution in [0.4, 0.5) is 0 Å². The third-order valence-electron chi connectivity index (χ3n) is 5.37. The molecule has 6 heteroatoms. The maximum Gasteiger partial charge on any atom is 0.257 e. The molecule has 3 atom stereocenters. The minimum Gasteiger partial charge on any atom is -0.338 e. The van der Waals surface area contributed by atoms with Crippen molar-refractivity contribution >= 4 is 17.5 Å². The Kier molecular flexibility index (Phi) is 4.06. The Balaban J connectivity index is 1.45. The van der Waals surface area contributed by atoms with E-state index in [0.29, 0.717) is 29.0 Å². The van der Waals surface area contributed by atoms with Crippen LogP contribution in [0.2, 0.25) is 5.02 Å². The van der Waals surface area contributed by atoms with Crippen LogP contribution in [0.1, 0.15) is 28.8 Å². The molecular formula is C18H21ClN4O. The standard InChI is InChI=1S/C18H21ClN4O/c19-16-4-2-1-3-13(16)9-23-10-14(7-21-23)18(24)22-8-12-5-6-17(20)15(12)11-22/h1-4,7,10,12,15,17H,5-6,8-9,11,20H2. The lowest BCUT2D eigenvalue weighted by Crippen LogP contribution is -2.33. The van der Waals surface area contributed by atoms with E-state index in [0.717, 1.165) is 31.5 Å². The van der Waals surface area contributed by atoms with Crippen molar-refractivity contribution < 1.29 is 4.79 Å². The van der Waals surface area contributed by atoms with Crippen LogP contribution in [0.3, 0.4) is 0 Å². The Morgan fingerprint density at radius 2 is 2.12 bits per heavy atom. The van der Waals surface area contributed by atoms with Gasteiger partial charge in [0.25, 0.3) is 5.91 Å². The number of rotatable bonds is 3. The Morgan fingerprint density at radius 1 is 1.29 bits per heavy atom. The maximum atomic E-state index is 12.7. The average Bonchev–Trinajstić information content (AvgIpc) is 3.27. The molecule has 126 valence electrons. The molecule has 24 heavy (non-hydrogen) atoms. The molecule has 0 bridgehead atoms. The van der Waals surface area contributed by atoms with Gasteiger partial charge in [0.1, 0.15) is 0 Å². The van der Waals surface area contributed by atoms with Gasteiger partial charge in [0.2, 0.25) is 0 Å². The number of aromatic nitrogens is 2. The summed E-state index contributed by atoms with van der Waals surface area (Å²) in [6, 6.07) is 7.92. The summed E-state index contributed by atoms with van der Waals surface area (Å²) in [6.45, 7) is 2.16. The fourth-order valence-corrected chi connectivity index (χ4v) is 4.21. The predicted molar refractivity (Wildman–Crippen MR) is 92.9 cm³/mol. The number of carbonyl (C=O) groups excluding carboxylic acids is 1. The van der Waals surface area contributed by atoms with Gasteiger partial charge in [-0.2, -0.15) is 5.10 Å². The zero-order chi connectivity index (χ0) is 16.7. The van der Waals surface area contributed by atoms with E-state index in [9.17, 15) is 4.79 Å². The number of likely N-dealkylation sites (tertiary alicyclic amines) is 1. The molecule has 5 nitrogen and oxygen atoms in total. The molecule has 4 rings (SSSR count). The first-order chi connectivity index (χ1) is 11.6. The van der Waals surface area contributed by atoms with Crippen LogP contribution in [0.5, 0.6) is 0 Å². The second kappa shape index (κ2) is 6.22. The van der Waals surface area contributed by atoms with Crippen LogP contribution < -0.4 is 5.73 Å². The van der Waals surface area contributed by atoms with Gasteiger partial charge in [-0.25, -0.2) is 0 Å². The fourth-order valence-electron chi connectivity index (χ4n) is 4.02. The number of amides is 1. The summed E-state index contributed by atoms with van der Waals surface area (Å²) in [7, 11) is 0. The lowest BCUT2D eigenvalue weighted by Gasteiger charge is -2.17. The molecule has 1 aromatic heterocycles. The first-order valence-corrected chi connectivity index (χ1v) is 8.80. The number of nitrogens with zero attached hydrogens (tertiary/aromatic N) is 3. The Hall–Kier alpha value is -1.85. The zero-order valence-electron chi connectivity index (χ0n) is 13.4. The molecule has 2 heterocycles. The van der Waals surface area contributed by atoms with Gasteiger partial charge in [0, 0.05) is 30.4 Å². The van der Waals surface area contributed by atoms with E-state index < -0.39 is 0 Å². The number of carbonyl (C=O) groups is 1. The lowest BCUT2D eigenvalue weighted by atomic mass is 9.98. The zero-order valence-corrected chi connectivity index (χ0v) is 14.2. The SMILES string of the molecule is NC1CCC2CN(C(=O)c3cnn(Cc4ccccc4Cl)c3)CC12. The summed E-state index contributed by atoms with van der Waals surface area (Å²) < 4.78 is 1.76. The highest BCUT2D eigenvalue weighted by atomic mass is 35.5. The van der Waals surface area contributed by atoms with Crippen LogP contribution in [0.25, 0.3) is 0 Å². The predicted octanol–water partition coefficient (Wildman–Crippen LogP) is 2.39. The second-order valence-corrected chi connectivity index (χ2v) is 7.30. The molecule has 3 unspecified atom stereocenters. The van der Waals surface area contributed by atoms with Gasteiger partial charge in [-0.15, -0.1) is 0 Å². The van der Waals surface area contributed by atoms with Crippen molar-refractivity contribution in [3.63, 3.8) is 0 Å². The summed E-state index contributed by atoms with van der Waals surface area (Å²) >= 11 is 6.19. The van der Waals surface area contributed by atoms with Crippen LogP contribution in [-0.4, -0.2) is 39.7 Å². The summed E-state index contributed by atoms with van der Waals surface area (Å²) in [5.74, 6) is 1.09. The molecule has 1 saturated carbocycles. The van der Waals surface area contributed by atoms with E-state index in [2.05, 4.69) is 5.10 Å². The van der Waals surface area contributed by atoms with Gasteiger partial charge in [-0.3, -0.25) is 9.48 Å². The van der Waals surface area contributed by atoms with Crippen LogP contribution in [0.15, 0.2) is 36.7 Å². The van der Waals surface area contributed by atoms with E-state index in [4.69, 9.17) is 17.3 Å². The highest BCUT2D eigenvalue weighted by molar-refractivity contribution is 6.31. The third kappa shape index (κ3) is 2.82. The molecule has 1 aromatic carbocycles. The van der Waals surface area contributed by atoms with Gasteiger partial charge in [-0.05, 0) is 36.3 Å². The number of halogens is 1. The molecule has 1 aliphatic carbocycles. The minimum atomic E-state index is 0.0574. The van der Waals surface area contributed by atoms with E-state index in [-0.39, 0.29) is 11.9 Å². The van der Waals surface area contributed by atoms with Crippen LogP contribution >= 0.6 is 11.6 Å². The Morgan fingerprint density at radius 3 is 2.92 bits per heavy atom. The smallest absolute Gasteiger partial charge is 0.257 e. The van der Waals surface area contributed by atoms with Crippen molar-refractivity contribution in [2.75, 3.05) is 13.1 Å². The summed E-state index contributed by atoms with van der Waals surface area (Å²) in [5.41, 5.74) is 7.78. The van der Waals surface area contributed by atoms with Crippen molar-refractivity contribution in [2.24, 2.45) is 17.6 Å². The second-order valence-electron chi connectivity index (χ2n) is 6.89. The van der Waals surface area contributed by atoms with E-state index in [1.807, 2.05) is 29.2 Å². The first kappa shape index (κ1) is 15.7. The van der Waals surface area contributed by atoms with Gasteiger partial charge >= 0.3 is 0 Å². The Bertz CT molecular complexity index is 759. The average molecular weight is 345 g/mol. The maximum absolute atomic E-state index is 12.7. The minimum absolute atomic E-state index is 0.0574. The van der Waals surface area contributed by atoms with Gasteiger partial charge in [0.15, 0.2) is 0 Å². The number of hydrogen-bond acceptors (Lipinski definition) is 3. The molecule has 1 aliphatic heterocycles. The monoisotopic (exact) mass is 344 g/mol. The first-order valence-electron chi connectivity index (χ1n) is 8.42. The molecule has 0 radical (unpaired) electrons. The van der Waals surface area contributed by atoms with Crippen molar-refractivity contribution in [2.45, 2.75) is 25.4 Å². The number of benzene rings is 1. The highest BCUT2D eigenvalue weighted by Crippen LogP contribution is 2.37. The lowest BCUT2D eigenvalue weighted by molar-refractivity contribution is 0.0779. The normalized spacial score (nSPS) is 25.9. The van der Waals surface area contributed by atoms with Crippen LogP contribution in [0, 0.1) is 11.8 Å². The topological polar surface area (TPSA) is 64.2 Å². The molecule has 0 spiro atoms. The van der Waals surface area contributed by atoms with Gasteiger partial charge in [-0.1, -0.05) is 29.8 Å². The van der Waals surface area contributed by atoms with E-state index in [1.54, 1.807) is 17.1 Å². The molecule has 2 aromatic rings. The van der Waals surface area contributed by atoms with Crippen molar-refractivity contribution in [3.05, 3.63) is 52.8 Å². The molecule has 2 aliphatic rings. The van der Waals surface area contributed by atoms with E-state index >= 15 is 0 Å². The molecular weight excluding hydrogens is 324 g/mol. The summed E-state index contributed by atoms with van der Waals surface area (Å²) in [5, 5.41) is 5.03.